The van der Waals surface area contributed by atoms with E-state index in [0.717, 1.165) is 34.0 Å². The second-order valence-corrected chi connectivity index (χ2v) is 10.9. The quantitative estimate of drug-likeness (QED) is 0.257. The van der Waals surface area contributed by atoms with Gasteiger partial charge in [0.1, 0.15) is 0 Å². The monoisotopic (exact) mass is 532 g/mol. The number of sulfonamides is 1. The summed E-state index contributed by atoms with van der Waals surface area (Å²) in [7, 11) is -3.28. The van der Waals surface area contributed by atoms with Crippen molar-refractivity contribution in [2.75, 3.05) is 24.7 Å². The predicted octanol–water partition coefficient (Wildman–Crippen LogP) is 2.41. The zero-order chi connectivity index (χ0) is 23.8. The molecule has 0 saturated carbocycles. The Kier molecular flexibility index (Phi) is 8.72. The van der Waals surface area contributed by atoms with Gasteiger partial charge in [-0.25, -0.2) is 0 Å². The first kappa shape index (κ1) is 25.0. The Balaban J connectivity index is 1.68. The van der Waals surface area contributed by atoms with Gasteiger partial charge in [0.05, 0.1) is 0 Å². The summed E-state index contributed by atoms with van der Waals surface area (Å²) in [5, 5.41) is 23.2. The van der Waals surface area contributed by atoms with Crippen LogP contribution < -0.4 is 5.32 Å². The van der Waals surface area contributed by atoms with Crippen molar-refractivity contribution >= 4 is 32.8 Å². The number of phenolic OH excluding ortho intramolecular Hbond substituents is 2. The normalized spacial score (nSPS) is 11.6. The zero-order valence-electron chi connectivity index (χ0n) is 18.5. The van der Waals surface area contributed by atoms with Crippen LogP contribution in [0.3, 0.4) is 0 Å². The summed E-state index contributed by atoms with van der Waals surface area (Å²) in [6.45, 7) is 1.40. The molecule has 33 heavy (non-hydrogen) atoms. The van der Waals surface area contributed by atoms with E-state index in [1.807, 2.05) is 30.3 Å². The van der Waals surface area contributed by atoms with Crippen molar-refractivity contribution in [2.24, 2.45) is 0 Å². The molecule has 0 bridgehead atoms. The molecular weight excluding hydrogens is 503 g/mol. The van der Waals surface area contributed by atoms with Crippen molar-refractivity contribution < 1.29 is 18.6 Å². The van der Waals surface area contributed by atoms with Gasteiger partial charge in [-0.3, -0.25) is 0 Å². The molecule has 1 unspecified atom stereocenters. The Labute approximate surface area is 203 Å². The zero-order valence-corrected chi connectivity index (χ0v) is 21.7. The summed E-state index contributed by atoms with van der Waals surface area (Å²) in [5.74, 6) is 0.190. The summed E-state index contributed by atoms with van der Waals surface area (Å²) in [5.41, 5.74) is 3.40. The van der Waals surface area contributed by atoms with Gasteiger partial charge in [-0.05, 0) is 24.1 Å². The number of aromatic hydroxyl groups is 2. The van der Waals surface area contributed by atoms with Gasteiger partial charge in [0, 0.05) is 6.54 Å². The number of aromatic nitrogens is 2. The summed E-state index contributed by atoms with van der Waals surface area (Å²) < 4.78 is 25.8. The van der Waals surface area contributed by atoms with Crippen LogP contribution in [0.1, 0.15) is 17.5 Å². The third-order valence-electron chi connectivity index (χ3n) is 5.05. The van der Waals surface area contributed by atoms with Crippen molar-refractivity contribution in [3.05, 3.63) is 65.9 Å². The molecule has 0 aliphatic heterocycles. The summed E-state index contributed by atoms with van der Waals surface area (Å²) in [4.78, 5) is 8.85. The molecule has 176 valence electrons. The van der Waals surface area contributed by atoms with Gasteiger partial charge in [-0.15, -0.1) is 0 Å². The molecule has 0 radical (unpaired) electrons. The summed E-state index contributed by atoms with van der Waals surface area (Å²) in [6.07, 6.45) is 4.39. The Morgan fingerprint density at radius 3 is 2.61 bits per heavy atom. The first-order valence-electron chi connectivity index (χ1n) is 10.6. The number of nitrogens with zero attached hydrogens (tertiary/aromatic N) is 3. The van der Waals surface area contributed by atoms with Crippen LogP contribution in [-0.2, 0) is 23.0 Å². The average Bonchev–Trinajstić information content (AvgIpc) is 2.79. The van der Waals surface area contributed by atoms with Crippen LogP contribution in [0.5, 0.6) is 11.5 Å². The predicted molar refractivity (Wildman–Crippen MR) is 133 cm³/mol. The fourth-order valence-corrected chi connectivity index (χ4v) is 4.54. The van der Waals surface area contributed by atoms with E-state index in [-0.39, 0.29) is 11.5 Å². The second kappa shape index (κ2) is 11.5. The van der Waals surface area contributed by atoms with Gasteiger partial charge in [0.15, 0.2) is 11.5 Å². The molecule has 1 heterocycles. The standard InChI is InChI=1S/C23H29AsN4O4S/c1-33(31,32)28(13-3-10-24)16-18-4-2-5-19(14-18)20-9-12-26-23(27-20)25-11-8-17-6-7-21(29)22(30)15-17/h2,4-7,9,12,14-15,29-30H,3,8,10-11,13,16,24H2,1H3,(H,25,26,27). The molecule has 3 rings (SSSR count). The van der Waals surface area contributed by atoms with E-state index in [9.17, 15) is 18.6 Å². The van der Waals surface area contributed by atoms with Crippen LogP contribution in [0.2, 0.25) is 5.21 Å². The molecule has 0 aliphatic carbocycles. The summed E-state index contributed by atoms with van der Waals surface area (Å²) in [6, 6.07) is 14.3. The van der Waals surface area contributed by atoms with Crippen LogP contribution in [0, 0.1) is 0 Å². The molecular formula is C23H29AsN4O4S. The number of rotatable bonds is 11. The molecule has 2 aromatic carbocycles. The molecule has 3 aromatic rings. The van der Waals surface area contributed by atoms with Gasteiger partial charge in [-0.2, -0.15) is 0 Å². The Bertz CT molecular complexity index is 1190. The minimum atomic E-state index is -3.28. The second-order valence-electron chi connectivity index (χ2n) is 7.70. The van der Waals surface area contributed by atoms with Gasteiger partial charge in [0.25, 0.3) is 0 Å². The number of phenols is 2. The van der Waals surface area contributed by atoms with Gasteiger partial charge in [0.2, 0.25) is 0 Å². The third kappa shape index (κ3) is 7.45. The van der Waals surface area contributed by atoms with E-state index >= 15 is 0 Å². The minimum absolute atomic E-state index is 0.143. The van der Waals surface area contributed by atoms with E-state index in [4.69, 9.17) is 0 Å². The Hall–Kier alpha value is -2.61. The Morgan fingerprint density at radius 1 is 1.06 bits per heavy atom. The average molecular weight is 532 g/mol. The molecule has 0 spiro atoms. The number of hydrogen-bond donors (Lipinski definition) is 3. The van der Waals surface area contributed by atoms with Gasteiger partial charge in [-0.1, -0.05) is 6.07 Å². The maximum atomic E-state index is 12.2. The molecule has 0 fully saturated rings. The fraction of sp³-hybridized carbons (Fsp3) is 0.304. The van der Waals surface area contributed by atoms with Crippen LogP contribution in [-0.4, -0.2) is 69.1 Å². The van der Waals surface area contributed by atoms with E-state index in [2.05, 4.69) is 15.3 Å². The topological polar surface area (TPSA) is 116 Å². The number of anilines is 1. The molecule has 8 nitrogen and oxygen atoms in total. The number of benzene rings is 2. The van der Waals surface area contributed by atoms with E-state index < -0.39 is 10.0 Å². The molecule has 3 N–H and O–H groups in total. The molecule has 0 saturated heterocycles. The fourth-order valence-electron chi connectivity index (χ4n) is 3.31. The van der Waals surface area contributed by atoms with Crippen molar-refractivity contribution in [3.63, 3.8) is 0 Å². The van der Waals surface area contributed by atoms with Gasteiger partial charge >= 0.3 is 145 Å². The number of nitrogens with one attached hydrogen (secondary N) is 1. The number of hydrogen-bond acceptors (Lipinski definition) is 7. The van der Waals surface area contributed by atoms with Gasteiger partial charge < -0.3 is 10.2 Å². The third-order valence-corrected chi connectivity index (χ3v) is 7.16. The van der Waals surface area contributed by atoms with Crippen molar-refractivity contribution in [2.45, 2.75) is 24.6 Å². The molecule has 10 heteroatoms. The summed E-state index contributed by atoms with van der Waals surface area (Å²) >= 11 is 1.60. The molecule has 0 aliphatic rings. The van der Waals surface area contributed by atoms with Crippen LogP contribution in [0.4, 0.5) is 5.95 Å². The van der Waals surface area contributed by atoms with E-state index in [1.54, 1.807) is 29.1 Å². The van der Waals surface area contributed by atoms with Crippen molar-refractivity contribution in [1.29, 1.82) is 0 Å². The molecule has 1 aromatic heterocycles. The van der Waals surface area contributed by atoms with Crippen LogP contribution >= 0.6 is 0 Å². The first-order valence-corrected chi connectivity index (χ1v) is 14.1. The van der Waals surface area contributed by atoms with Crippen molar-refractivity contribution in [1.82, 2.24) is 14.3 Å². The maximum absolute atomic E-state index is 12.2. The van der Waals surface area contributed by atoms with E-state index in [0.29, 0.717) is 32.0 Å². The molecule has 1 atom stereocenters. The Morgan fingerprint density at radius 2 is 1.88 bits per heavy atom. The SMILES string of the molecule is CS(=O)(=O)N(CCC[AsH2])Cc1cccc(-c2ccnc(NCCc3ccc(O)c(O)c3)n2)c1. The van der Waals surface area contributed by atoms with Crippen molar-refractivity contribution in [3.8, 4) is 22.8 Å². The van der Waals surface area contributed by atoms with Crippen LogP contribution in [0.15, 0.2) is 54.7 Å². The van der Waals surface area contributed by atoms with Crippen LogP contribution in [0.25, 0.3) is 11.3 Å². The first-order chi connectivity index (χ1) is 15.8. The molecule has 0 amide bonds. The van der Waals surface area contributed by atoms with E-state index in [1.165, 1.54) is 22.7 Å².